The zero-order valence-electron chi connectivity index (χ0n) is 29.7. The highest BCUT2D eigenvalue weighted by molar-refractivity contribution is 6.06. The van der Waals surface area contributed by atoms with Gasteiger partial charge in [-0.05, 0) is 47.5 Å². The third-order valence-electron chi connectivity index (χ3n) is 8.13. The fourth-order valence-electron chi connectivity index (χ4n) is 5.71. The van der Waals surface area contributed by atoms with Gasteiger partial charge in [0.2, 0.25) is 5.91 Å². The smallest absolute Gasteiger partial charge is 0.255 e. The number of terminal acetylenes is 1. The highest BCUT2D eigenvalue weighted by atomic mass is 16.6. The molecular formula is C41H44N6O6. The molecule has 0 aliphatic carbocycles. The van der Waals surface area contributed by atoms with E-state index in [9.17, 15) is 9.59 Å². The van der Waals surface area contributed by atoms with Gasteiger partial charge in [-0.3, -0.25) is 9.59 Å². The summed E-state index contributed by atoms with van der Waals surface area (Å²) >= 11 is 0. The summed E-state index contributed by atoms with van der Waals surface area (Å²) in [6.45, 7) is 5.13. The summed E-state index contributed by atoms with van der Waals surface area (Å²) in [4.78, 5) is 25.0. The lowest BCUT2D eigenvalue weighted by molar-refractivity contribution is -0.114. The van der Waals surface area contributed by atoms with Gasteiger partial charge < -0.3 is 34.9 Å². The van der Waals surface area contributed by atoms with E-state index in [1.54, 1.807) is 30.5 Å². The van der Waals surface area contributed by atoms with Crippen molar-refractivity contribution in [3.8, 4) is 12.3 Å². The molecule has 0 aliphatic heterocycles. The summed E-state index contributed by atoms with van der Waals surface area (Å²) in [5.41, 5.74) is 3.94. The van der Waals surface area contributed by atoms with Gasteiger partial charge in [0, 0.05) is 18.2 Å². The maximum Gasteiger partial charge on any atom is 0.255 e. The lowest BCUT2D eigenvalue weighted by atomic mass is 9.79. The van der Waals surface area contributed by atoms with Gasteiger partial charge in [-0.15, -0.1) is 11.5 Å². The average molecular weight is 717 g/mol. The van der Waals surface area contributed by atoms with Crippen LogP contribution in [0.15, 0.2) is 115 Å². The minimum Gasteiger partial charge on any atom is -0.377 e. The van der Waals surface area contributed by atoms with Crippen LogP contribution in [0.3, 0.4) is 0 Å². The molecule has 0 saturated carbocycles. The van der Waals surface area contributed by atoms with Crippen molar-refractivity contribution in [1.29, 1.82) is 0 Å². The Bertz CT molecular complexity index is 1870. The second-order valence-electron chi connectivity index (χ2n) is 11.8. The van der Waals surface area contributed by atoms with Crippen LogP contribution in [-0.2, 0) is 35.8 Å². The number of para-hydroxylation sites is 2. The molecule has 0 radical (unpaired) electrons. The number of hydrogen-bond donors (Lipinski definition) is 3. The first-order valence-corrected chi connectivity index (χ1v) is 17.3. The van der Waals surface area contributed by atoms with Crippen LogP contribution in [0.25, 0.3) is 0 Å². The first-order valence-electron chi connectivity index (χ1n) is 17.3. The second kappa shape index (κ2) is 20.3. The maximum absolute atomic E-state index is 13.5. The van der Waals surface area contributed by atoms with E-state index in [1.807, 2.05) is 65.3 Å². The van der Waals surface area contributed by atoms with Crippen LogP contribution in [0.4, 0.5) is 17.1 Å². The van der Waals surface area contributed by atoms with E-state index in [1.165, 1.54) is 6.92 Å². The zero-order valence-corrected chi connectivity index (χ0v) is 29.7. The molecule has 274 valence electrons. The third kappa shape index (κ3) is 10.8. The molecule has 1 aromatic heterocycles. The number of aromatic nitrogens is 3. The van der Waals surface area contributed by atoms with Crippen molar-refractivity contribution in [3.05, 3.63) is 138 Å². The Hall–Kier alpha value is -5.84. The quantitative estimate of drug-likeness (QED) is 0.0656. The molecule has 1 heterocycles. The minimum absolute atomic E-state index is 0.186. The van der Waals surface area contributed by atoms with Gasteiger partial charge in [0.15, 0.2) is 0 Å². The number of nitrogens with one attached hydrogen (secondary N) is 3. The largest absolute Gasteiger partial charge is 0.377 e. The van der Waals surface area contributed by atoms with Crippen LogP contribution >= 0.6 is 0 Å². The Morgan fingerprint density at radius 3 is 1.83 bits per heavy atom. The van der Waals surface area contributed by atoms with Gasteiger partial charge >= 0.3 is 0 Å². The molecule has 4 aromatic carbocycles. The number of carbonyl (C=O) groups is 2. The predicted molar refractivity (Wildman–Crippen MR) is 204 cm³/mol. The molecule has 0 fully saturated rings. The van der Waals surface area contributed by atoms with Crippen molar-refractivity contribution >= 4 is 28.9 Å². The number of amides is 2. The Morgan fingerprint density at radius 2 is 1.25 bits per heavy atom. The van der Waals surface area contributed by atoms with Crippen LogP contribution < -0.4 is 16.0 Å². The molecule has 0 saturated heterocycles. The number of nitrogens with zero attached hydrogens (tertiary/aromatic N) is 3. The standard InChI is InChI=1S/C41H44N6O6/c1-3-23-50-25-27-52-29-30-53-28-26-51-24-22-47-39(31-42-46-47)41(34-12-6-4-7-13-34,35-14-8-5-9-15-35)45-38-17-11-10-16-37(38)44-40(49)33-18-20-36(21-19-33)43-32(2)48/h1,4-21,31,45H,22-30H2,2H3,(H,43,48)(H,44,49). The molecule has 0 aliphatic rings. The number of ether oxygens (including phenoxy) is 4. The Kier molecular flexibility index (Phi) is 14.7. The lowest BCUT2D eigenvalue weighted by Gasteiger charge is -2.37. The summed E-state index contributed by atoms with van der Waals surface area (Å²) in [6.07, 6.45) is 6.91. The molecule has 5 aromatic rings. The second-order valence-corrected chi connectivity index (χ2v) is 11.8. The summed E-state index contributed by atoms with van der Waals surface area (Å²) in [5.74, 6) is 1.93. The number of hydrogen-bond acceptors (Lipinski definition) is 9. The molecule has 3 N–H and O–H groups in total. The molecule has 0 bridgehead atoms. The van der Waals surface area contributed by atoms with Crippen molar-refractivity contribution in [2.75, 3.05) is 68.8 Å². The first kappa shape index (κ1) is 38.4. The Morgan fingerprint density at radius 1 is 0.698 bits per heavy atom. The molecule has 0 atom stereocenters. The third-order valence-corrected chi connectivity index (χ3v) is 8.13. The molecule has 5 rings (SSSR count). The minimum atomic E-state index is -0.998. The highest BCUT2D eigenvalue weighted by Crippen LogP contribution is 2.41. The predicted octanol–water partition coefficient (Wildman–Crippen LogP) is 5.59. The molecule has 0 unspecified atom stereocenters. The Balaban J connectivity index is 1.34. The van der Waals surface area contributed by atoms with Crippen LogP contribution in [0.1, 0.15) is 34.1 Å². The molecule has 0 spiro atoms. The van der Waals surface area contributed by atoms with Gasteiger partial charge in [0.1, 0.15) is 12.1 Å². The van der Waals surface area contributed by atoms with Crippen molar-refractivity contribution < 1.29 is 28.5 Å². The van der Waals surface area contributed by atoms with Crippen molar-refractivity contribution in [2.24, 2.45) is 0 Å². The summed E-state index contributed by atoms with van der Waals surface area (Å²) < 4.78 is 24.0. The van der Waals surface area contributed by atoms with E-state index in [0.29, 0.717) is 75.4 Å². The molecule has 12 nitrogen and oxygen atoms in total. The van der Waals surface area contributed by atoms with E-state index >= 15 is 0 Å². The monoisotopic (exact) mass is 716 g/mol. The fourth-order valence-corrected chi connectivity index (χ4v) is 5.71. The number of carbonyl (C=O) groups excluding carboxylic acids is 2. The molecule has 2 amide bonds. The summed E-state index contributed by atoms with van der Waals surface area (Å²) in [7, 11) is 0. The molecule has 12 heteroatoms. The normalized spacial score (nSPS) is 11.1. The van der Waals surface area contributed by atoms with Crippen LogP contribution in [-0.4, -0.2) is 79.7 Å². The van der Waals surface area contributed by atoms with E-state index < -0.39 is 5.54 Å². The molecular weight excluding hydrogens is 672 g/mol. The van der Waals surface area contributed by atoms with Gasteiger partial charge in [0.05, 0.1) is 76.1 Å². The van der Waals surface area contributed by atoms with Crippen molar-refractivity contribution in [3.63, 3.8) is 0 Å². The van der Waals surface area contributed by atoms with E-state index in [4.69, 9.17) is 25.4 Å². The van der Waals surface area contributed by atoms with Gasteiger partial charge in [-0.25, -0.2) is 4.68 Å². The van der Waals surface area contributed by atoms with Gasteiger partial charge in [0.25, 0.3) is 5.91 Å². The van der Waals surface area contributed by atoms with Gasteiger partial charge in [-0.1, -0.05) is 83.9 Å². The highest BCUT2D eigenvalue weighted by Gasteiger charge is 2.40. The first-order chi connectivity index (χ1) is 26.0. The number of benzene rings is 4. The topological polar surface area (TPSA) is 138 Å². The maximum atomic E-state index is 13.5. The van der Waals surface area contributed by atoms with Crippen LogP contribution in [0.2, 0.25) is 0 Å². The average Bonchev–Trinajstić information content (AvgIpc) is 3.66. The summed E-state index contributed by atoms with van der Waals surface area (Å²) in [6, 6.07) is 34.4. The number of anilines is 3. The van der Waals surface area contributed by atoms with Crippen molar-refractivity contribution in [2.45, 2.75) is 19.0 Å². The lowest BCUT2D eigenvalue weighted by Crippen LogP contribution is -2.40. The van der Waals surface area contributed by atoms with E-state index in [2.05, 4.69) is 56.4 Å². The van der Waals surface area contributed by atoms with E-state index in [0.717, 1.165) is 16.8 Å². The SMILES string of the molecule is C#CCOCCOCCOCCOCCn1nncc1C(Nc1ccccc1NC(=O)c1ccc(NC(C)=O)cc1)(c1ccccc1)c1ccccc1. The zero-order chi connectivity index (χ0) is 37.1. The number of rotatable bonds is 21. The van der Waals surface area contributed by atoms with Crippen LogP contribution in [0, 0.1) is 12.3 Å². The summed E-state index contributed by atoms with van der Waals surface area (Å²) in [5, 5.41) is 18.5. The van der Waals surface area contributed by atoms with Crippen molar-refractivity contribution in [1.82, 2.24) is 15.0 Å². The Labute approximate surface area is 309 Å². The van der Waals surface area contributed by atoms with Crippen LogP contribution in [0.5, 0.6) is 0 Å². The van der Waals surface area contributed by atoms with E-state index in [-0.39, 0.29) is 18.4 Å². The fraction of sp³-hybridized carbons (Fsp3) is 0.268. The molecule has 53 heavy (non-hydrogen) atoms. The van der Waals surface area contributed by atoms with Gasteiger partial charge in [-0.2, -0.15) is 0 Å².